The maximum Gasteiger partial charge on any atom is 0.318 e. The summed E-state index contributed by atoms with van der Waals surface area (Å²) >= 11 is 6.42. The summed E-state index contributed by atoms with van der Waals surface area (Å²) in [6.45, 7) is 6.23. The Morgan fingerprint density at radius 3 is 2.50 bits per heavy atom. The molecule has 10 heteroatoms. The van der Waals surface area contributed by atoms with E-state index in [1.165, 1.54) is 12.1 Å². The zero-order valence-corrected chi connectivity index (χ0v) is 34.9. The Labute approximate surface area is 347 Å². The number of urea groups is 1. The number of nitrogens with one attached hydrogen (secondary N) is 1. The van der Waals surface area contributed by atoms with Gasteiger partial charge in [0.05, 0.1) is 45.1 Å². The Morgan fingerprint density at radius 1 is 1.00 bits per heavy atom. The van der Waals surface area contributed by atoms with Gasteiger partial charge in [-0.1, -0.05) is 78.7 Å². The van der Waals surface area contributed by atoms with Gasteiger partial charge in [0.25, 0.3) is 0 Å². The molecule has 5 atom stereocenters. The average molecular weight is 811 g/mol. The van der Waals surface area contributed by atoms with Crippen molar-refractivity contribution in [3.05, 3.63) is 141 Å². The Kier molecular flexibility index (Phi) is 13.7. The van der Waals surface area contributed by atoms with Crippen LogP contribution in [0.3, 0.4) is 0 Å². The maximum atomic E-state index is 15.1. The molecule has 3 aliphatic carbocycles. The third-order valence-corrected chi connectivity index (χ3v) is 13.0. The van der Waals surface area contributed by atoms with E-state index in [4.69, 9.17) is 21.1 Å². The van der Waals surface area contributed by atoms with Crippen LogP contribution in [-0.2, 0) is 19.4 Å². The number of ether oxygens (including phenoxy) is 2. The molecule has 7 rings (SSSR count). The molecule has 4 aromatic carbocycles. The molecular weight excluding hydrogens is 755 g/mol. The number of fused-ring (bicyclic) bond motifs is 8. The van der Waals surface area contributed by atoms with Crippen LogP contribution in [0.1, 0.15) is 109 Å². The maximum absolute atomic E-state index is 15.1. The van der Waals surface area contributed by atoms with E-state index in [1.807, 2.05) is 67.6 Å². The lowest BCUT2D eigenvalue weighted by Gasteiger charge is -2.46. The van der Waals surface area contributed by atoms with Crippen molar-refractivity contribution in [1.29, 1.82) is 0 Å². The molecule has 0 heterocycles. The quantitative estimate of drug-likeness (QED) is 0.103. The van der Waals surface area contributed by atoms with Crippen LogP contribution >= 0.6 is 11.6 Å². The number of allylic oxidation sites excluding steroid dienone is 2. The standard InChI is InChI=1S/C48H56ClFN2O6/c1-31-11-10-23-47(3)41(38-21-17-33(25-36(53)19-16-31)26-39(38)44(54)28-40-42(49)14-9-15-43(40)50)22-24-48(47,56)30-52(29-35-18-20-37(57-4)27-45(35)58-5)46(55)51-32(2)34-12-7-6-8-13-34/h6-9,11-15,17-18,20-21,26-27,32,36,41,53,56H,10,16,19,22-25,28-30H2,1-5H3,(H,51,55)/t32-,36+,41+,47+,48-/m1/s1. The fourth-order valence-electron chi connectivity index (χ4n) is 9.00. The predicted molar refractivity (Wildman–Crippen MR) is 226 cm³/mol. The van der Waals surface area contributed by atoms with Crippen LogP contribution in [0.15, 0.2) is 96.6 Å². The van der Waals surface area contributed by atoms with Crippen molar-refractivity contribution < 1.29 is 33.7 Å². The Bertz CT molecular complexity index is 2110. The molecule has 2 bridgehead atoms. The van der Waals surface area contributed by atoms with Gasteiger partial charge in [-0.05, 0) is 112 Å². The van der Waals surface area contributed by atoms with Crippen molar-refractivity contribution in [3.63, 3.8) is 0 Å². The zero-order chi connectivity index (χ0) is 41.6. The van der Waals surface area contributed by atoms with Gasteiger partial charge < -0.3 is 29.9 Å². The molecular formula is C48H56ClFN2O6. The third-order valence-electron chi connectivity index (χ3n) is 12.6. The van der Waals surface area contributed by atoms with E-state index in [2.05, 4.69) is 25.2 Å². The number of methoxy groups -OCH3 is 2. The van der Waals surface area contributed by atoms with Gasteiger partial charge in [0, 0.05) is 39.6 Å². The van der Waals surface area contributed by atoms with Crippen molar-refractivity contribution in [2.75, 3.05) is 20.8 Å². The van der Waals surface area contributed by atoms with Crippen LogP contribution in [0, 0.1) is 11.2 Å². The highest BCUT2D eigenvalue weighted by Crippen LogP contribution is 2.59. The third kappa shape index (κ3) is 9.43. The summed E-state index contributed by atoms with van der Waals surface area (Å²) in [5.74, 6) is 0.0306. The SMILES string of the molecule is COc1ccc(CN(C[C@]2(O)CC[C@H]3c4ccc(cc4C(=O)Cc4c(F)cccc4Cl)C[C@@H](O)CCC(C)=CCC[C@@]32C)C(=O)N[C@H](C)c2ccccc2)c(OC)c1. The van der Waals surface area contributed by atoms with Gasteiger partial charge in [-0.3, -0.25) is 4.79 Å². The van der Waals surface area contributed by atoms with Crippen LogP contribution in [0.4, 0.5) is 9.18 Å². The highest BCUT2D eigenvalue weighted by Gasteiger charge is 2.57. The van der Waals surface area contributed by atoms with E-state index >= 15 is 4.39 Å². The second-order valence-corrected chi connectivity index (χ2v) is 16.8. The number of hydrogen-bond donors (Lipinski definition) is 3. The number of nitrogens with zero attached hydrogens (tertiary/aromatic N) is 1. The van der Waals surface area contributed by atoms with Gasteiger partial charge in [-0.2, -0.15) is 0 Å². The van der Waals surface area contributed by atoms with E-state index in [-0.39, 0.29) is 53.9 Å². The molecule has 3 aliphatic rings. The van der Waals surface area contributed by atoms with Crippen molar-refractivity contribution >= 4 is 23.4 Å². The molecule has 58 heavy (non-hydrogen) atoms. The molecule has 2 amide bonds. The van der Waals surface area contributed by atoms with Crippen molar-refractivity contribution in [2.45, 2.75) is 102 Å². The Hall–Kier alpha value is -4.70. The number of benzene rings is 4. The van der Waals surface area contributed by atoms with Crippen LogP contribution < -0.4 is 14.8 Å². The first-order valence-corrected chi connectivity index (χ1v) is 20.6. The monoisotopic (exact) mass is 810 g/mol. The molecule has 1 saturated carbocycles. The molecule has 4 aromatic rings. The number of aliphatic hydroxyl groups excluding tert-OH is 1. The molecule has 0 aromatic heterocycles. The summed E-state index contributed by atoms with van der Waals surface area (Å²) in [6, 6.07) is 24.7. The van der Waals surface area contributed by atoms with Crippen molar-refractivity contribution in [2.24, 2.45) is 5.41 Å². The highest BCUT2D eigenvalue weighted by atomic mass is 35.5. The number of aliphatic hydroxyl groups is 2. The highest BCUT2D eigenvalue weighted by molar-refractivity contribution is 6.31. The number of carbonyl (C=O) groups excluding carboxylic acids is 2. The minimum atomic E-state index is -1.40. The number of ketones is 1. The number of hydrogen-bond acceptors (Lipinski definition) is 6. The summed E-state index contributed by atoms with van der Waals surface area (Å²) in [6.07, 6.45) is 5.08. The first-order chi connectivity index (χ1) is 27.7. The first kappa shape index (κ1) is 42.9. The van der Waals surface area contributed by atoms with Crippen LogP contribution in [0.25, 0.3) is 0 Å². The molecule has 1 fully saturated rings. The predicted octanol–water partition coefficient (Wildman–Crippen LogP) is 9.93. The van der Waals surface area contributed by atoms with Gasteiger partial charge in [0.15, 0.2) is 5.78 Å². The van der Waals surface area contributed by atoms with Gasteiger partial charge in [0.2, 0.25) is 0 Å². The fourth-order valence-corrected chi connectivity index (χ4v) is 9.23. The van der Waals surface area contributed by atoms with E-state index in [0.29, 0.717) is 62.0 Å². The largest absolute Gasteiger partial charge is 0.497 e. The van der Waals surface area contributed by atoms with E-state index in [9.17, 15) is 19.8 Å². The molecule has 0 aliphatic heterocycles. The second-order valence-electron chi connectivity index (χ2n) is 16.4. The number of halogens is 2. The molecule has 0 unspecified atom stereocenters. The van der Waals surface area contributed by atoms with Crippen LogP contribution in [-0.4, -0.2) is 59.4 Å². The lowest BCUT2D eigenvalue weighted by Crippen LogP contribution is -2.55. The summed E-state index contributed by atoms with van der Waals surface area (Å²) in [7, 11) is 3.16. The number of rotatable bonds is 11. The fraction of sp³-hybridized carbons (Fsp3) is 0.417. The minimum absolute atomic E-state index is 0.00358. The molecule has 308 valence electrons. The summed E-state index contributed by atoms with van der Waals surface area (Å²) < 4.78 is 26.3. The van der Waals surface area contributed by atoms with E-state index in [1.54, 1.807) is 31.3 Å². The summed E-state index contributed by atoms with van der Waals surface area (Å²) in [4.78, 5) is 30.6. The number of carbonyl (C=O) groups is 2. The van der Waals surface area contributed by atoms with Gasteiger partial charge in [0.1, 0.15) is 17.3 Å². The van der Waals surface area contributed by atoms with E-state index in [0.717, 1.165) is 27.8 Å². The summed E-state index contributed by atoms with van der Waals surface area (Å²) in [5.41, 5.74) is 2.76. The van der Waals surface area contributed by atoms with Crippen LogP contribution in [0.2, 0.25) is 5.02 Å². The number of Topliss-reactive ketones (excluding diaryl/α,β-unsaturated/α-hetero) is 1. The normalized spacial score (nSPS) is 22.6. The molecule has 3 N–H and O–H groups in total. The van der Waals surface area contributed by atoms with Gasteiger partial charge >= 0.3 is 6.03 Å². The van der Waals surface area contributed by atoms with Gasteiger partial charge in [-0.25, -0.2) is 9.18 Å². The van der Waals surface area contributed by atoms with Crippen molar-refractivity contribution in [3.8, 4) is 11.5 Å². The molecule has 0 saturated heterocycles. The van der Waals surface area contributed by atoms with Crippen molar-refractivity contribution in [1.82, 2.24) is 10.2 Å². The first-order valence-electron chi connectivity index (χ1n) is 20.2. The topological polar surface area (TPSA) is 108 Å². The molecule has 8 nitrogen and oxygen atoms in total. The molecule has 0 spiro atoms. The number of amides is 2. The Morgan fingerprint density at radius 2 is 1.78 bits per heavy atom. The Balaban J connectivity index is 1.42. The van der Waals surface area contributed by atoms with Crippen LogP contribution in [0.5, 0.6) is 11.5 Å². The lowest BCUT2D eigenvalue weighted by atomic mass is 9.64. The minimum Gasteiger partial charge on any atom is -0.497 e. The summed E-state index contributed by atoms with van der Waals surface area (Å²) in [5, 5.41) is 27.6. The molecule has 0 radical (unpaired) electrons. The second kappa shape index (κ2) is 18.5. The van der Waals surface area contributed by atoms with Gasteiger partial charge in [-0.15, -0.1) is 0 Å². The zero-order valence-electron chi connectivity index (χ0n) is 34.2. The average Bonchev–Trinajstić information content (AvgIpc) is 3.46. The smallest absolute Gasteiger partial charge is 0.318 e. The van der Waals surface area contributed by atoms with E-state index < -0.39 is 22.9 Å². The lowest BCUT2D eigenvalue weighted by molar-refractivity contribution is -0.0781.